The maximum Gasteiger partial charge on any atom is 0.126 e. The lowest BCUT2D eigenvalue weighted by atomic mass is 9.62. The van der Waals surface area contributed by atoms with Crippen LogP contribution in [0.5, 0.6) is 0 Å². The van der Waals surface area contributed by atoms with Gasteiger partial charge in [-0.25, -0.2) is 4.39 Å². The molecule has 1 aliphatic carbocycles. The molecule has 2 nitrogen and oxygen atoms in total. The standard InChI is InChI=1S/C16H25FN2/c1-12-10-13(6-7-14(12)17)15(19(3)4)16(11-18-2)8-5-9-16/h6-7,10,15,18H,5,8-9,11H2,1-4H3. The van der Waals surface area contributed by atoms with Crippen molar-refractivity contribution in [2.75, 3.05) is 27.7 Å². The van der Waals surface area contributed by atoms with Crippen molar-refractivity contribution in [1.29, 1.82) is 0 Å². The molecule has 1 saturated carbocycles. The van der Waals surface area contributed by atoms with Gasteiger partial charge in [0.1, 0.15) is 5.82 Å². The minimum Gasteiger partial charge on any atom is -0.319 e. The zero-order valence-corrected chi connectivity index (χ0v) is 12.5. The monoisotopic (exact) mass is 264 g/mol. The quantitative estimate of drug-likeness (QED) is 0.879. The summed E-state index contributed by atoms with van der Waals surface area (Å²) < 4.78 is 13.5. The number of rotatable bonds is 5. The van der Waals surface area contributed by atoms with Gasteiger partial charge in [-0.15, -0.1) is 0 Å². The van der Waals surface area contributed by atoms with Gasteiger partial charge in [0, 0.05) is 18.0 Å². The summed E-state index contributed by atoms with van der Waals surface area (Å²) in [7, 11) is 6.26. The SMILES string of the molecule is CNCC1(C(c2ccc(F)c(C)c2)N(C)C)CCC1. The Balaban J connectivity index is 2.36. The van der Waals surface area contributed by atoms with Gasteiger partial charge in [-0.2, -0.15) is 0 Å². The fraction of sp³-hybridized carbons (Fsp3) is 0.625. The zero-order valence-electron chi connectivity index (χ0n) is 12.5. The molecule has 0 spiro atoms. The van der Waals surface area contributed by atoms with E-state index in [1.807, 2.05) is 26.1 Å². The summed E-state index contributed by atoms with van der Waals surface area (Å²) >= 11 is 0. The number of hydrogen-bond donors (Lipinski definition) is 1. The summed E-state index contributed by atoms with van der Waals surface area (Å²) in [6.07, 6.45) is 3.78. The van der Waals surface area contributed by atoms with Crippen molar-refractivity contribution in [1.82, 2.24) is 10.2 Å². The largest absolute Gasteiger partial charge is 0.319 e. The van der Waals surface area contributed by atoms with Gasteiger partial charge < -0.3 is 10.2 Å². The van der Waals surface area contributed by atoms with Gasteiger partial charge in [-0.1, -0.05) is 18.6 Å². The second-order valence-corrected chi connectivity index (χ2v) is 6.12. The summed E-state index contributed by atoms with van der Waals surface area (Å²) in [5, 5.41) is 3.34. The normalized spacial score (nSPS) is 19.3. The Morgan fingerprint density at radius 1 is 1.37 bits per heavy atom. The third kappa shape index (κ3) is 2.67. The highest BCUT2D eigenvalue weighted by molar-refractivity contribution is 5.29. The fourth-order valence-corrected chi connectivity index (χ4v) is 3.57. The topological polar surface area (TPSA) is 15.3 Å². The van der Waals surface area contributed by atoms with E-state index in [4.69, 9.17) is 0 Å². The maximum absolute atomic E-state index is 13.5. The van der Waals surface area contributed by atoms with Gasteiger partial charge in [0.25, 0.3) is 0 Å². The molecule has 1 fully saturated rings. The molecule has 1 unspecified atom stereocenters. The molecule has 1 aliphatic rings. The van der Waals surface area contributed by atoms with Gasteiger partial charge >= 0.3 is 0 Å². The average Bonchev–Trinajstić information content (AvgIpc) is 2.30. The van der Waals surface area contributed by atoms with Crippen molar-refractivity contribution in [2.24, 2.45) is 5.41 Å². The highest BCUT2D eigenvalue weighted by Gasteiger charge is 2.45. The molecule has 3 heteroatoms. The Labute approximate surface area is 116 Å². The van der Waals surface area contributed by atoms with Gasteiger partial charge in [-0.05, 0) is 58.1 Å². The van der Waals surface area contributed by atoms with E-state index in [1.54, 1.807) is 6.07 Å². The van der Waals surface area contributed by atoms with Crippen molar-refractivity contribution < 1.29 is 4.39 Å². The number of nitrogens with one attached hydrogen (secondary N) is 1. The highest BCUT2D eigenvalue weighted by atomic mass is 19.1. The summed E-state index contributed by atoms with van der Waals surface area (Å²) in [6, 6.07) is 5.92. The predicted octanol–water partition coefficient (Wildman–Crippen LogP) is 3.13. The van der Waals surface area contributed by atoms with E-state index in [0.717, 1.165) is 12.1 Å². The average molecular weight is 264 g/mol. The molecule has 0 bridgehead atoms. The van der Waals surface area contributed by atoms with E-state index in [0.29, 0.717) is 11.5 Å². The summed E-state index contributed by atoms with van der Waals surface area (Å²) in [6.45, 7) is 2.86. The van der Waals surface area contributed by atoms with E-state index in [2.05, 4.69) is 24.3 Å². The minimum absolute atomic E-state index is 0.113. The van der Waals surface area contributed by atoms with Crippen molar-refractivity contribution in [3.63, 3.8) is 0 Å². The van der Waals surface area contributed by atoms with Crippen molar-refractivity contribution >= 4 is 0 Å². The maximum atomic E-state index is 13.5. The van der Waals surface area contributed by atoms with Gasteiger partial charge in [-0.3, -0.25) is 0 Å². The van der Waals surface area contributed by atoms with Crippen molar-refractivity contribution in [3.05, 3.63) is 35.1 Å². The van der Waals surface area contributed by atoms with E-state index in [-0.39, 0.29) is 5.82 Å². The molecule has 1 aromatic rings. The van der Waals surface area contributed by atoms with Crippen LogP contribution in [0.1, 0.15) is 36.4 Å². The molecule has 0 radical (unpaired) electrons. The molecule has 1 atom stereocenters. The van der Waals surface area contributed by atoms with Gasteiger partial charge in [0.15, 0.2) is 0 Å². The Hall–Kier alpha value is -0.930. The molecule has 2 rings (SSSR count). The van der Waals surface area contributed by atoms with E-state index < -0.39 is 0 Å². The second kappa shape index (κ2) is 5.59. The Kier molecular flexibility index (Phi) is 4.26. The van der Waals surface area contributed by atoms with Crippen molar-refractivity contribution in [3.8, 4) is 0 Å². The molecule has 1 aromatic carbocycles. The van der Waals surface area contributed by atoms with Crippen LogP contribution in [0.25, 0.3) is 0 Å². The van der Waals surface area contributed by atoms with Crippen LogP contribution in [0.4, 0.5) is 4.39 Å². The van der Waals surface area contributed by atoms with Gasteiger partial charge in [0.2, 0.25) is 0 Å². The number of halogens is 1. The van der Waals surface area contributed by atoms with Crippen LogP contribution in [-0.4, -0.2) is 32.6 Å². The Bertz CT molecular complexity index is 438. The third-order valence-corrected chi connectivity index (χ3v) is 4.47. The third-order valence-electron chi connectivity index (χ3n) is 4.47. The van der Waals surface area contributed by atoms with Gasteiger partial charge in [0.05, 0.1) is 0 Å². The first kappa shape index (κ1) is 14.5. The molecule has 0 amide bonds. The number of hydrogen-bond acceptors (Lipinski definition) is 2. The number of nitrogens with zero attached hydrogens (tertiary/aromatic N) is 1. The Morgan fingerprint density at radius 2 is 2.05 bits per heavy atom. The van der Waals surface area contributed by atoms with E-state index >= 15 is 0 Å². The lowest BCUT2D eigenvalue weighted by Crippen LogP contribution is -2.48. The molecule has 0 aliphatic heterocycles. The summed E-state index contributed by atoms with van der Waals surface area (Å²) in [5.74, 6) is -0.113. The molecule has 19 heavy (non-hydrogen) atoms. The number of benzene rings is 1. The zero-order chi connectivity index (χ0) is 14.0. The molecule has 106 valence electrons. The molecule has 0 heterocycles. The molecule has 0 aromatic heterocycles. The lowest BCUT2D eigenvalue weighted by molar-refractivity contribution is 0.0215. The lowest BCUT2D eigenvalue weighted by Gasteiger charge is -2.50. The first-order valence-corrected chi connectivity index (χ1v) is 7.07. The van der Waals surface area contributed by atoms with Crippen LogP contribution in [0, 0.1) is 18.2 Å². The second-order valence-electron chi connectivity index (χ2n) is 6.12. The summed E-state index contributed by atoms with van der Waals surface area (Å²) in [4.78, 5) is 2.28. The van der Waals surface area contributed by atoms with Crippen LogP contribution in [0.15, 0.2) is 18.2 Å². The molecule has 0 saturated heterocycles. The Morgan fingerprint density at radius 3 is 2.47 bits per heavy atom. The van der Waals surface area contributed by atoms with Crippen LogP contribution < -0.4 is 5.32 Å². The fourth-order valence-electron chi connectivity index (χ4n) is 3.57. The van der Waals surface area contributed by atoms with E-state index in [1.165, 1.54) is 24.8 Å². The predicted molar refractivity (Wildman–Crippen MR) is 77.8 cm³/mol. The van der Waals surface area contributed by atoms with Crippen LogP contribution in [0.3, 0.4) is 0 Å². The van der Waals surface area contributed by atoms with E-state index in [9.17, 15) is 4.39 Å². The van der Waals surface area contributed by atoms with Crippen LogP contribution in [-0.2, 0) is 0 Å². The molecular weight excluding hydrogens is 239 g/mol. The summed E-state index contributed by atoms with van der Waals surface area (Å²) in [5.41, 5.74) is 2.27. The first-order valence-electron chi connectivity index (χ1n) is 7.07. The highest BCUT2D eigenvalue weighted by Crippen LogP contribution is 2.51. The smallest absolute Gasteiger partial charge is 0.126 e. The molecule has 1 N–H and O–H groups in total. The van der Waals surface area contributed by atoms with Crippen molar-refractivity contribution in [2.45, 2.75) is 32.2 Å². The molecular formula is C16H25FN2. The van der Waals surface area contributed by atoms with Crippen LogP contribution >= 0.6 is 0 Å². The van der Waals surface area contributed by atoms with Crippen LogP contribution in [0.2, 0.25) is 0 Å². The first-order chi connectivity index (χ1) is 9.00. The number of aryl methyl sites for hydroxylation is 1. The minimum atomic E-state index is -0.113.